The lowest BCUT2D eigenvalue weighted by Gasteiger charge is -2.26. The Morgan fingerprint density at radius 1 is 1.15 bits per heavy atom. The monoisotopic (exact) mass is 571 g/mol. The summed E-state index contributed by atoms with van der Waals surface area (Å²) in [6.07, 6.45) is -3.12. The molecule has 2 unspecified atom stereocenters. The van der Waals surface area contributed by atoms with Crippen molar-refractivity contribution in [3.05, 3.63) is 58.7 Å². The number of hydrogen-bond acceptors (Lipinski definition) is 6. The van der Waals surface area contributed by atoms with Crippen molar-refractivity contribution in [2.24, 2.45) is 0 Å². The van der Waals surface area contributed by atoms with Crippen LogP contribution in [-0.2, 0) is 25.7 Å². The molecule has 1 heterocycles. The molecule has 39 heavy (non-hydrogen) atoms. The summed E-state index contributed by atoms with van der Waals surface area (Å²) >= 11 is 0. The number of benzene rings is 2. The summed E-state index contributed by atoms with van der Waals surface area (Å²) in [6.45, 7) is 3.81. The highest BCUT2D eigenvalue weighted by Gasteiger charge is 2.37. The van der Waals surface area contributed by atoms with E-state index in [4.69, 9.17) is 9.47 Å². The third-order valence-corrected chi connectivity index (χ3v) is 9.10. The van der Waals surface area contributed by atoms with Crippen LogP contribution in [0.4, 0.5) is 13.2 Å². The van der Waals surface area contributed by atoms with Crippen molar-refractivity contribution in [2.75, 3.05) is 47.5 Å². The van der Waals surface area contributed by atoms with Crippen LogP contribution >= 0.6 is 0 Å². The van der Waals surface area contributed by atoms with Crippen molar-refractivity contribution >= 4 is 15.9 Å². The number of hydrogen-bond donors (Lipinski definition) is 1. The number of halogens is 3. The van der Waals surface area contributed by atoms with Crippen molar-refractivity contribution in [3.8, 4) is 5.75 Å². The maximum atomic E-state index is 13.5. The number of sulfonamides is 1. The number of nitrogens with zero attached hydrogens (tertiary/aromatic N) is 2. The number of amides is 1. The molecule has 2 aromatic carbocycles. The van der Waals surface area contributed by atoms with Gasteiger partial charge in [0.15, 0.2) is 0 Å². The maximum absolute atomic E-state index is 13.5. The van der Waals surface area contributed by atoms with Gasteiger partial charge in [-0.3, -0.25) is 4.79 Å². The van der Waals surface area contributed by atoms with E-state index in [9.17, 15) is 26.4 Å². The average molecular weight is 572 g/mol. The van der Waals surface area contributed by atoms with Crippen molar-refractivity contribution in [1.29, 1.82) is 0 Å². The summed E-state index contributed by atoms with van der Waals surface area (Å²) in [7, 11) is 1.29. The van der Waals surface area contributed by atoms with Crippen LogP contribution in [0.15, 0.2) is 41.3 Å². The van der Waals surface area contributed by atoms with Crippen LogP contribution in [0.25, 0.3) is 0 Å². The number of carbonyl (C=O) groups excluding carboxylic acids is 1. The van der Waals surface area contributed by atoms with E-state index in [2.05, 4.69) is 5.32 Å². The normalized spacial score (nSPS) is 17.4. The van der Waals surface area contributed by atoms with E-state index in [0.717, 1.165) is 12.1 Å². The highest BCUT2D eigenvalue weighted by Crippen LogP contribution is 2.33. The van der Waals surface area contributed by atoms with Gasteiger partial charge in [-0.25, -0.2) is 8.42 Å². The molecule has 8 nitrogen and oxygen atoms in total. The fourth-order valence-corrected chi connectivity index (χ4v) is 6.98. The largest absolute Gasteiger partial charge is 0.497 e. The fraction of sp³-hybridized carbons (Fsp3) is 0.519. The van der Waals surface area contributed by atoms with Crippen LogP contribution in [0.5, 0.6) is 5.75 Å². The summed E-state index contributed by atoms with van der Waals surface area (Å²) in [5.41, 5.74) is 1.09. The number of methoxy groups -OCH3 is 1. The first-order valence-electron chi connectivity index (χ1n) is 12.6. The molecule has 2 atom stereocenters. The number of rotatable bonds is 11. The number of aryl methyl sites for hydroxylation is 2. The lowest BCUT2D eigenvalue weighted by atomic mass is 10.0. The minimum Gasteiger partial charge on any atom is -0.497 e. The van der Waals surface area contributed by atoms with Crippen molar-refractivity contribution < 1.29 is 35.9 Å². The highest BCUT2D eigenvalue weighted by molar-refractivity contribution is 7.89. The predicted octanol–water partition coefficient (Wildman–Crippen LogP) is 3.92. The Balaban J connectivity index is 1.56. The van der Waals surface area contributed by atoms with Crippen molar-refractivity contribution in [3.63, 3.8) is 0 Å². The molecule has 1 amide bonds. The van der Waals surface area contributed by atoms with E-state index < -0.39 is 33.7 Å². The summed E-state index contributed by atoms with van der Waals surface area (Å²) in [4.78, 5) is 14.5. The lowest BCUT2D eigenvalue weighted by molar-refractivity contribution is -0.137. The molecule has 0 saturated carbocycles. The summed E-state index contributed by atoms with van der Waals surface area (Å²) in [5.74, 6) is 0.189. The molecule has 1 aliphatic rings. The molecular weight excluding hydrogens is 535 g/mol. The first kappa shape index (κ1) is 30.9. The molecule has 0 aromatic heterocycles. The van der Waals surface area contributed by atoms with Gasteiger partial charge in [0.25, 0.3) is 0 Å². The van der Waals surface area contributed by atoms with Gasteiger partial charge >= 0.3 is 6.18 Å². The standard InChI is InChI=1S/C27H36F3N3O5S/c1-18-13-23(37-5)14-19(2)26(18)39(35,36)33-12-6-7-22(33)16-38-17-25(34)31-15-24(32(3)4)20-8-10-21(11-9-20)27(28,29)30/h8-11,13-14,22,24H,6-7,12,15-17H2,1-5H3,(H,31,34). The van der Waals surface area contributed by atoms with E-state index in [0.29, 0.717) is 41.8 Å². The minimum absolute atomic E-state index is 0.0664. The Kier molecular flexibility index (Phi) is 10.0. The quantitative estimate of drug-likeness (QED) is 0.440. The summed E-state index contributed by atoms with van der Waals surface area (Å²) < 4.78 is 78.0. The Hall–Kier alpha value is -2.67. The van der Waals surface area contributed by atoms with Crippen molar-refractivity contribution in [1.82, 2.24) is 14.5 Å². The molecule has 0 spiro atoms. The number of alkyl halides is 3. The zero-order valence-corrected chi connectivity index (χ0v) is 23.7. The van der Waals surface area contributed by atoms with Crippen LogP contribution < -0.4 is 10.1 Å². The van der Waals surface area contributed by atoms with E-state index in [1.54, 1.807) is 45.0 Å². The third kappa shape index (κ3) is 7.50. The smallest absolute Gasteiger partial charge is 0.416 e. The molecule has 0 radical (unpaired) electrons. The van der Waals surface area contributed by atoms with Crippen LogP contribution in [0.3, 0.4) is 0 Å². The molecule has 3 rings (SSSR count). The molecule has 12 heteroatoms. The fourth-order valence-electron chi connectivity index (χ4n) is 4.89. The molecule has 2 aromatic rings. The molecular formula is C27H36F3N3O5S. The second-order valence-corrected chi connectivity index (χ2v) is 11.7. The van der Waals surface area contributed by atoms with Crippen LogP contribution in [0.2, 0.25) is 0 Å². The predicted molar refractivity (Wildman–Crippen MR) is 141 cm³/mol. The van der Waals surface area contributed by atoms with Gasteiger partial charge in [0.05, 0.1) is 30.2 Å². The number of nitrogens with one attached hydrogen (secondary N) is 1. The average Bonchev–Trinajstić information content (AvgIpc) is 3.32. The molecule has 1 N–H and O–H groups in total. The van der Waals surface area contributed by atoms with Gasteiger partial charge in [0.1, 0.15) is 12.4 Å². The first-order chi connectivity index (χ1) is 18.3. The van der Waals surface area contributed by atoms with E-state index >= 15 is 0 Å². The first-order valence-corrected chi connectivity index (χ1v) is 14.0. The number of likely N-dealkylation sites (N-methyl/N-ethyl adjacent to an activating group) is 1. The van der Waals surface area contributed by atoms with E-state index in [1.165, 1.54) is 23.5 Å². The van der Waals surface area contributed by atoms with Gasteiger partial charge in [-0.15, -0.1) is 0 Å². The number of carbonyl (C=O) groups is 1. The van der Waals surface area contributed by atoms with Gasteiger partial charge in [-0.1, -0.05) is 12.1 Å². The van der Waals surface area contributed by atoms with Crippen LogP contribution in [-0.4, -0.2) is 77.1 Å². The van der Waals surface area contributed by atoms with Crippen LogP contribution in [0, 0.1) is 13.8 Å². The molecule has 1 aliphatic heterocycles. The van der Waals surface area contributed by atoms with E-state index in [1.807, 2.05) is 0 Å². The Morgan fingerprint density at radius 3 is 2.31 bits per heavy atom. The molecule has 0 aliphatic carbocycles. The van der Waals surface area contributed by atoms with Gasteiger partial charge in [0, 0.05) is 19.1 Å². The molecule has 1 saturated heterocycles. The van der Waals surface area contributed by atoms with Gasteiger partial charge < -0.3 is 19.7 Å². The maximum Gasteiger partial charge on any atom is 0.416 e. The summed E-state index contributed by atoms with van der Waals surface area (Å²) in [5, 5.41) is 2.75. The highest BCUT2D eigenvalue weighted by atomic mass is 32.2. The van der Waals surface area contributed by atoms with E-state index in [-0.39, 0.29) is 30.7 Å². The second kappa shape index (κ2) is 12.7. The second-order valence-electron chi connectivity index (χ2n) is 9.92. The van der Waals surface area contributed by atoms with Gasteiger partial charge in [0.2, 0.25) is 15.9 Å². The molecule has 0 bridgehead atoms. The lowest BCUT2D eigenvalue weighted by Crippen LogP contribution is -2.40. The third-order valence-electron chi connectivity index (χ3n) is 6.84. The molecule has 216 valence electrons. The zero-order chi connectivity index (χ0) is 29.0. The van der Waals surface area contributed by atoms with Gasteiger partial charge in [-0.2, -0.15) is 17.5 Å². The summed E-state index contributed by atoms with van der Waals surface area (Å²) in [6, 6.07) is 7.48. The molecule has 1 fully saturated rings. The zero-order valence-electron chi connectivity index (χ0n) is 22.8. The SMILES string of the molecule is COc1cc(C)c(S(=O)(=O)N2CCCC2COCC(=O)NCC(c2ccc(C(F)(F)F)cc2)N(C)C)c(C)c1. The Morgan fingerprint density at radius 2 is 1.77 bits per heavy atom. The van der Waals surface area contributed by atoms with Crippen molar-refractivity contribution in [2.45, 2.75) is 49.8 Å². The van der Waals surface area contributed by atoms with Crippen LogP contribution in [0.1, 0.15) is 41.1 Å². The Bertz CT molecular complexity index is 1230. The minimum atomic E-state index is -4.42. The number of ether oxygens (including phenoxy) is 2. The van der Waals surface area contributed by atoms with Gasteiger partial charge in [-0.05, 0) is 81.7 Å². The topological polar surface area (TPSA) is 88.2 Å². The Labute approximate surface area is 228 Å².